The molecule has 0 amide bonds. The van der Waals surface area contributed by atoms with Gasteiger partial charge in [-0.05, 0) is 49.4 Å². The van der Waals surface area contributed by atoms with E-state index in [1.165, 1.54) is 0 Å². The number of hydrogen-bond acceptors (Lipinski definition) is 3. The molecule has 1 saturated carbocycles. The molecule has 1 aromatic heterocycles. The predicted octanol–water partition coefficient (Wildman–Crippen LogP) is 4.05. The summed E-state index contributed by atoms with van der Waals surface area (Å²) in [6.07, 6.45) is -6.66. The Morgan fingerprint density at radius 1 is 0.970 bits per heavy atom. The summed E-state index contributed by atoms with van der Waals surface area (Å²) in [6.45, 7) is 2.25. The van der Waals surface area contributed by atoms with Gasteiger partial charge in [0.25, 0.3) is 5.56 Å². The number of nitrogens with one attached hydrogen (secondary N) is 1. The molecule has 1 N–H and O–H groups in total. The van der Waals surface area contributed by atoms with Gasteiger partial charge in [0, 0.05) is 31.2 Å². The maximum Gasteiger partial charge on any atom is 0.423 e. The van der Waals surface area contributed by atoms with Crippen LogP contribution in [0.1, 0.15) is 36.0 Å². The highest BCUT2D eigenvalue weighted by atomic mass is 35.5. The molecule has 2 aromatic rings. The summed E-state index contributed by atoms with van der Waals surface area (Å²) in [5.41, 5.74) is -3.64. The Hall–Kier alpha value is -2.27. The van der Waals surface area contributed by atoms with E-state index in [0.29, 0.717) is 31.5 Å². The van der Waals surface area contributed by atoms with Crippen LogP contribution in [0.2, 0.25) is 0 Å². The molecule has 5 nitrogen and oxygen atoms in total. The minimum absolute atomic E-state index is 0. The number of piperidine rings is 1. The lowest BCUT2D eigenvalue weighted by Gasteiger charge is -2.21. The third-order valence-corrected chi connectivity index (χ3v) is 6.44. The van der Waals surface area contributed by atoms with E-state index < -0.39 is 34.7 Å². The number of unbranched alkanes of at least 4 members (excludes halogenated alkanes) is 1. The molecule has 0 radical (unpaired) electrons. The lowest BCUT2D eigenvalue weighted by atomic mass is 9.94. The van der Waals surface area contributed by atoms with Crippen molar-refractivity contribution < 1.29 is 26.3 Å². The Labute approximate surface area is 190 Å². The van der Waals surface area contributed by atoms with Crippen molar-refractivity contribution in [1.82, 2.24) is 14.5 Å². The van der Waals surface area contributed by atoms with Gasteiger partial charge in [-0.1, -0.05) is 12.1 Å². The van der Waals surface area contributed by atoms with Crippen molar-refractivity contribution in [3.05, 3.63) is 68.0 Å². The number of benzene rings is 1. The van der Waals surface area contributed by atoms with Crippen molar-refractivity contribution in [1.29, 1.82) is 0 Å². The van der Waals surface area contributed by atoms with Crippen LogP contribution in [-0.2, 0) is 24.3 Å². The molecule has 12 heteroatoms. The SMILES string of the molecule is Cl.O=c1[nH]c(=O)n(CCCCN2C[C@@H]3C[C@]3(c3ccc(C(F)(F)F)cc3)C2)cc1C(F)(F)F. The Morgan fingerprint density at radius 3 is 2.21 bits per heavy atom. The number of halogens is 7. The zero-order valence-electron chi connectivity index (χ0n) is 17.3. The first kappa shape index (κ1) is 25.4. The van der Waals surface area contributed by atoms with E-state index in [0.717, 1.165) is 41.8 Å². The number of hydrogen-bond donors (Lipinski definition) is 1. The Balaban J connectivity index is 0.00000306. The van der Waals surface area contributed by atoms with E-state index in [1.807, 2.05) is 0 Å². The number of fused-ring (bicyclic) bond motifs is 1. The van der Waals surface area contributed by atoms with Crippen LogP contribution >= 0.6 is 12.4 Å². The van der Waals surface area contributed by atoms with Gasteiger partial charge in [-0.2, -0.15) is 26.3 Å². The third-order valence-electron chi connectivity index (χ3n) is 6.44. The van der Waals surface area contributed by atoms with Crippen LogP contribution in [0.15, 0.2) is 40.1 Å². The fourth-order valence-corrected chi connectivity index (χ4v) is 4.69. The minimum atomic E-state index is -4.84. The van der Waals surface area contributed by atoms with Crippen molar-refractivity contribution >= 4 is 12.4 Å². The smallest absolute Gasteiger partial charge is 0.302 e. The lowest BCUT2D eigenvalue weighted by molar-refractivity contribution is -0.139. The number of aromatic nitrogens is 2. The second-order valence-corrected chi connectivity index (χ2v) is 8.57. The summed E-state index contributed by atoms with van der Waals surface area (Å²) >= 11 is 0. The molecule has 1 aliphatic heterocycles. The summed E-state index contributed by atoms with van der Waals surface area (Å²) in [6, 6.07) is 5.32. The van der Waals surface area contributed by atoms with Crippen LogP contribution in [0, 0.1) is 5.92 Å². The molecule has 2 heterocycles. The van der Waals surface area contributed by atoms with E-state index in [2.05, 4.69) is 4.90 Å². The van der Waals surface area contributed by atoms with Gasteiger partial charge in [-0.25, -0.2) is 4.79 Å². The van der Waals surface area contributed by atoms with Crippen molar-refractivity contribution in [2.75, 3.05) is 19.6 Å². The number of H-pyrrole nitrogens is 1. The van der Waals surface area contributed by atoms with Crippen molar-refractivity contribution in [3.8, 4) is 0 Å². The maximum absolute atomic E-state index is 12.9. The first-order valence-electron chi connectivity index (χ1n) is 10.2. The van der Waals surface area contributed by atoms with Crippen LogP contribution in [-0.4, -0.2) is 34.1 Å². The van der Waals surface area contributed by atoms with Crippen molar-refractivity contribution in [2.45, 2.75) is 43.6 Å². The van der Waals surface area contributed by atoms with Crippen LogP contribution < -0.4 is 11.2 Å². The van der Waals surface area contributed by atoms with Crippen LogP contribution in [0.25, 0.3) is 0 Å². The molecule has 33 heavy (non-hydrogen) atoms. The van der Waals surface area contributed by atoms with Crippen LogP contribution in [0.3, 0.4) is 0 Å². The fourth-order valence-electron chi connectivity index (χ4n) is 4.69. The van der Waals surface area contributed by atoms with Gasteiger partial charge in [0.15, 0.2) is 0 Å². The Bertz CT molecular complexity index is 1110. The summed E-state index contributed by atoms with van der Waals surface area (Å²) < 4.78 is 77.8. The fraction of sp³-hybridized carbons (Fsp3) is 0.524. The van der Waals surface area contributed by atoms with Gasteiger partial charge >= 0.3 is 18.0 Å². The van der Waals surface area contributed by atoms with Gasteiger partial charge < -0.3 is 4.90 Å². The number of rotatable bonds is 6. The second-order valence-electron chi connectivity index (χ2n) is 8.57. The van der Waals surface area contributed by atoms with E-state index in [4.69, 9.17) is 0 Å². The number of alkyl halides is 6. The van der Waals surface area contributed by atoms with E-state index in [-0.39, 0.29) is 24.4 Å². The Morgan fingerprint density at radius 2 is 1.61 bits per heavy atom. The number of likely N-dealkylation sites (tertiary alicyclic amines) is 1. The number of aromatic amines is 1. The molecular formula is C21H22ClF6N3O2. The molecule has 2 aliphatic rings. The molecule has 4 rings (SSSR count). The molecule has 0 bridgehead atoms. The predicted molar refractivity (Wildman–Crippen MR) is 110 cm³/mol. The molecule has 1 aliphatic carbocycles. The van der Waals surface area contributed by atoms with Crippen LogP contribution in [0.4, 0.5) is 26.3 Å². The lowest BCUT2D eigenvalue weighted by Crippen LogP contribution is -2.34. The zero-order chi connectivity index (χ0) is 23.3. The largest absolute Gasteiger partial charge is 0.423 e. The topological polar surface area (TPSA) is 58.1 Å². The molecule has 2 atom stereocenters. The molecule has 2 fully saturated rings. The molecule has 182 valence electrons. The van der Waals surface area contributed by atoms with Gasteiger partial charge in [-0.15, -0.1) is 12.4 Å². The highest BCUT2D eigenvalue weighted by Crippen LogP contribution is 2.59. The number of nitrogens with zero attached hydrogens (tertiary/aromatic N) is 2. The average molecular weight is 498 g/mol. The summed E-state index contributed by atoms with van der Waals surface area (Å²) in [4.78, 5) is 27.0. The Kier molecular flexibility index (Phi) is 6.78. The summed E-state index contributed by atoms with van der Waals surface area (Å²) in [5, 5.41) is 0. The quantitative estimate of drug-likeness (QED) is 0.484. The normalized spacial score (nSPS) is 22.7. The highest BCUT2D eigenvalue weighted by Gasteiger charge is 2.60. The van der Waals surface area contributed by atoms with Gasteiger partial charge in [0.1, 0.15) is 5.56 Å². The molecule has 0 spiro atoms. The van der Waals surface area contributed by atoms with Crippen LogP contribution in [0.5, 0.6) is 0 Å². The van der Waals surface area contributed by atoms with E-state index in [9.17, 15) is 35.9 Å². The first-order valence-corrected chi connectivity index (χ1v) is 10.2. The monoisotopic (exact) mass is 497 g/mol. The second kappa shape index (κ2) is 8.83. The summed E-state index contributed by atoms with van der Waals surface area (Å²) in [5.74, 6) is 0.385. The molecule has 1 saturated heterocycles. The highest BCUT2D eigenvalue weighted by molar-refractivity contribution is 5.85. The standard InChI is InChI=1S/C21H21F6N3O2.ClH/c22-20(23,24)14-5-3-13(4-6-14)19-9-15(19)10-29(12-19)7-1-2-8-30-11-16(21(25,26)27)17(31)28-18(30)32;/h3-6,11,15H,1-2,7-10,12H2,(H,28,31,32);1H/t15-,19+;/m0./s1. The van der Waals surface area contributed by atoms with Gasteiger partial charge in [-0.3, -0.25) is 14.3 Å². The van der Waals surface area contributed by atoms with E-state index >= 15 is 0 Å². The third kappa shape index (κ3) is 5.13. The maximum atomic E-state index is 12.9. The summed E-state index contributed by atoms with van der Waals surface area (Å²) in [7, 11) is 0. The zero-order valence-corrected chi connectivity index (χ0v) is 18.1. The molecule has 1 aromatic carbocycles. The number of aryl methyl sites for hydroxylation is 1. The average Bonchev–Trinajstić information content (AvgIpc) is 3.26. The van der Waals surface area contributed by atoms with Gasteiger partial charge in [0.05, 0.1) is 5.56 Å². The first-order chi connectivity index (χ1) is 14.9. The van der Waals surface area contributed by atoms with Crippen molar-refractivity contribution in [3.63, 3.8) is 0 Å². The molecular weight excluding hydrogens is 476 g/mol. The van der Waals surface area contributed by atoms with E-state index in [1.54, 1.807) is 17.1 Å². The molecule has 0 unspecified atom stereocenters. The van der Waals surface area contributed by atoms with Crippen molar-refractivity contribution in [2.24, 2.45) is 5.92 Å². The van der Waals surface area contributed by atoms with Gasteiger partial charge in [0.2, 0.25) is 0 Å². The minimum Gasteiger partial charge on any atom is -0.302 e.